The van der Waals surface area contributed by atoms with Crippen LogP contribution in [0.2, 0.25) is 0 Å². The summed E-state index contributed by atoms with van der Waals surface area (Å²) in [6, 6.07) is 15.1. The van der Waals surface area contributed by atoms with Crippen molar-refractivity contribution in [3.8, 4) is 5.75 Å². The fourth-order valence-electron chi connectivity index (χ4n) is 2.80. The minimum absolute atomic E-state index is 0.0302. The van der Waals surface area contributed by atoms with Gasteiger partial charge in [0.1, 0.15) is 5.75 Å². The van der Waals surface area contributed by atoms with Gasteiger partial charge >= 0.3 is 0 Å². The fraction of sp³-hybridized carbons (Fsp3) is 0.150. The zero-order valence-corrected chi connectivity index (χ0v) is 12.7. The molecule has 0 saturated carbocycles. The van der Waals surface area contributed by atoms with Crippen LogP contribution in [-0.2, 0) is 0 Å². The van der Waals surface area contributed by atoms with Gasteiger partial charge in [0.15, 0.2) is 5.78 Å². The Morgan fingerprint density at radius 3 is 2.50 bits per heavy atom. The van der Waals surface area contributed by atoms with Crippen LogP contribution in [0.25, 0.3) is 0 Å². The third kappa shape index (κ3) is 2.60. The summed E-state index contributed by atoms with van der Waals surface area (Å²) in [4.78, 5) is 12.9. The summed E-state index contributed by atoms with van der Waals surface area (Å²) in [6.45, 7) is 2.09. The summed E-state index contributed by atoms with van der Waals surface area (Å²) in [6.07, 6.45) is 6.26. The van der Waals surface area contributed by atoms with Crippen LogP contribution >= 0.6 is 0 Å². The second-order valence-electron chi connectivity index (χ2n) is 5.42. The molecule has 0 radical (unpaired) electrons. The van der Waals surface area contributed by atoms with Crippen molar-refractivity contribution >= 4 is 5.78 Å². The highest BCUT2D eigenvalue weighted by Crippen LogP contribution is 2.34. The maximum atomic E-state index is 12.9. The summed E-state index contributed by atoms with van der Waals surface area (Å²) in [5.41, 5.74) is 3.67. The van der Waals surface area contributed by atoms with Crippen LogP contribution in [0.3, 0.4) is 0 Å². The van der Waals surface area contributed by atoms with Crippen molar-refractivity contribution in [2.45, 2.75) is 12.8 Å². The van der Waals surface area contributed by atoms with Crippen molar-refractivity contribution in [2.24, 2.45) is 0 Å². The molecule has 1 aliphatic carbocycles. The molecule has 3 rings (SSSR count). The van der Waals surface area contributed by atoms with Gasteiger partial charge in [0.2, 0.25) is 0 Å². The second-order valence-corrected chi connectivity index (χ2v) is 5.42. The Labute approximate surface area is 130 Å². The lowest BCUT2D eigenvalue weighted by molar-refractivity contribution is 0.103. The lowest BCUT2D eigenvalue weighted by atomic mass is 9.87. The molecule has 22 heavy (non-hydrogen) atoms. The molecule has 0 saturated heterocycles. The molecule has 1 atom stereocenters. The average molecular weight is 290 g/mol. The molecular formula is C20H18O2. The Morgan fingerprint density at radius 2 is 1.86 bits per heavy atom. The van der Waals surface area contributed by atoms with Crippen LogP contribution in [0.5, 0.6) is 5.75 Å². The van der Waals surface area contributed by atoms with E-state index in [4.69, 9.17) is 4.74 Å². The smallest absolute Gasteiger partial charge is 0.193 e. The van der Waals surface area contributed by atoms with Gasteiger partial charge in [-0.15, -0.1) is 0 Å². The summed E-state index contributed by atoms with van der Waals surface area (Å²) < 4.78 is 5.30. The van der Waals surface area contributed by atoms with Gasteiger partial charge in [-0.2, -0.15) is 0 Å². The Kier molecular flexibility index (Phi) is 3.92. The second kappa shape index (κ2) is 6.02. The molecule has 2 aromatic rings. The Hall–Kier alpha value is -2.61. The molecule has 1 unspecified atom stereocenters. The van der Waals surface area contributed by atoms with Gasteiger partial charge in [-0.1, -0.05) is 60.2 Å². The average Bonchev–Trinajstić information content (AvgIpc) is 3.00. The van der Waals surface area contributed by atoms with Crippen LogP contribution in [0.15, 0.2) is 72.3 Å². The van der Waals surface area contributed by atoms with Crippen LogP contribution in [0.1, 0.15) is 34.3 Å². The van der Waals surface area contributed by atoms with Crippen molar-refractivity contribution in [2.75, 3.05) is 7.11 Å². The van der Waals surface area contributed by atoms with Crippen LogP contribution < -0.4 is 4.74 Å². The maximum Gasteiger partial charge on any atom is 0.193 e. The maximum absolute atomic E-state index is 12.9. The lowest BCUT2D eigenvalue weighted by Gasteiger charge is -2.16. The highest BCUT2D eigenvalue weighted by atomic mass is 16.5. The summed E-state index contributed by atoms with van der Waals surface area (Å²) >= 11 is 0. The van der Waals surface area contributed by atoms with E-state index in [0.29, 0.717) is 16.9 Å². The Bertz CT molecular complexity index is 755. The van der Waals surface area contributed by atoms with Crippen LogP contribution in [0.4, 0.5) is 0 Å². The number of ketones is 1. The molecule has 0 amide bonds. The van der Waals surface area contributed by atoms with Gasteiger partial charge in [-0.3, -0.25) is 4.79 Å². The molecule has 2 aromatic carbocycles. The SMILES string of the molecule is COc1ccc(C2C=CC=C2C)c(C(=O)c2ccccc2)c1. The van der Waals surface area contributed by atoms with E-state index in [0.717, 1.165) is 5.56 Å². The molecule has 0 spiro atoms. The molecule has 0 aliphatic heterocycles. The van der Waals surface area contributed by atoms with E-state index in [-0.39, 0.29) is 11.7 Å². The fourth-order valence-corrected chi connectivity index (χ4v) is 2.80. The highest BCUT2D eigenvalue weighted by molar-refractivity contribution is 6.10. The topological polar surface area (TPSA) is 26.3 Å². The number of ether oxygens (including phenoxy) is 1. The Balaban J connectivity index is 2.10. The van der Waals surface area contributed by atoms with Crippen molar-refractivity contribution in [1.29, 1.82) is 0 Å². The number of hydrogen-bond acceptors (Lipinski definition) is 2. The lowest BCUT2D eigenvalue weighted by Crippen LogP contribution is -2.08. The number of benzene rings is 2. The number of carbonyl (C=O) groups is 1. The molecule has 2 nitrogen and oxygen atoms in total. The van der Waals surface area contributed by atoms with Crippen molar-refractivity contribution in [1.82, 2.24) is 0 Å². The van der Waals surface area contributed by atoms with E-state index in [1.165, 1.54) is 5.57 Å². The number of methoxy groups -OCH3 is 1. The van der Waals surface area contributed by atoms with Gasteiger partial charge in [-0.05, 0) is 24.6 Å². The van der Waals surface area contributed by atoms with E-state index < -0.39 is 0 Å². The zero-order chi connectivity index (χ0) is 15.5. The molecule has 0 heterocycles. The summed E-state index contributed by atoms with van der Waals surface area (Å²) in [7, 11) is 1.62. The van der Waals surface area contributed by atoms with E-state index in [2.05, 4.69) is 19.1 Å². The van der Waals surface area contributed by atoms with Gasteiger partial charge in [0.05, 0.1) is 7.11 Å². The van der Waals surface area contributed by atoms with Gasteiger partial charge in [0.25, 0.3) is 0 Å². The molecule has 0 fully saturated rings. The normalized spacial score (nSPS) is 16.5. The largest absolute Gasteiger partial charge is 0.497 e. The van der Waals surface area contributed by atoms with Crippen molar-refractivity contribution in [3.05, 3.63) is 89.0 Å². The van der Waals surface area contributed by atoms with Crippen molar-refractivity contribution in [3.63, 3.8) is 0 Å². The minimum Gasteiger partial charge on any atom is -0.497 e. The van der Waals surface area contributed by atoms with E-state index in [9.17, 15) is 4.79 Å². The number of allylic oxidation sites excluding steroid dienone is 4. The first kappa shape index (κ1) is 14.3. The van der Waals surface area contributed by atoms with Crippen LogP contribution in [-0.4, -0.2) is 12.9 Å². The predicted molar refractivity (Wildman–Crippen MR) is 88.5 cm³/mol. The van der Waals surface area contributed by atoms with Gasteiger partial charge in [0, 0.05) is 17.0 Å². The summed E-state index contributed by atoms with van der Waals surface area (Å²) in [5, 5.41) is 0. The molecular weight excluding hydrogens is 272 g/mol. The summed E-state index contributed by atoms with van der Waals surface area (Å²) in [5.74, 6) is 0.891. The number of carbonyl (C=O) groups excluding carboxylic acids is 1. The van der Waals surface area contributed by atoms with E-state index >= 15 is 0 Å². The molecule has 0 N–H and O–H groups in total. The third-order valence-electron chi connectivity index (χ3n) is 4.03. The molecule has 1 aliphatic rings. The van der Waals surface area contributed by atoms with E-state index in [1.54, 1.807) is 7.11 Å². The Morgan fingerprint density at radius 1 is 1.09 bits per heavy atom. The predicted octanol–water partition coefficient (Wildman–Crippen LogP) is 4.53. The highest BCUT2D eigenvalue weighted by Gasteiger charge is 2.22. The quantitative estimate of drug-likeness (QED) is 0.773. The van der Waals surface area contributed by atoms with E-state index in [1.807, 2.05) is 54.6 Å². The first-order chi connectivity index (χ1) is 10.7. The first-order valence-corrected chi connectivity index (χ1v) is 7.33. The molecule has 2 heteroatoms. The standard InChI is InChI=1S/C20H18O2/c1-14-7-6-10-17(14)18-12-11-16(22-2)13-19(18)20(21)15-8-4-3-5-9-15/h3-13,17H,1-2H3. The number of rotatable bonds is 4. The monoisotopic (exact) mass is 290 g/mol. The zero-order valence-electron chi connectivity index (χ0n) is 12.7. The number of hydrogen-bond donors (Lipinski definition) is 0. The van der Waals surface area contributed by atoms with Crippen molar-refractivity contribution < 1.29 is 9.53 Å². The first-order valence-electron chi connectivity index (χ1n) is 7.33. The van der Waals surface area contributed by atoms with Gasteiger partial charge in [-0.25, -0.2) is 0 Å². The van der Waals surface area contributed by atoms with Crippen LogP contribution in [0, 0.1) is 0 Å². The van der Waals surface area contributed by atoms with Gasteiger partial charge < -0.3 is 4.74 Å². The third-order valence-corrected chi connectivity index (χ3v) is 4.03. The molecule has 110 valence electrons. The minimum atomic E-state index is 0.0302. The molecule has 0 aromatic heterocycles. The molecule has 0 bridgehead atoms.